The summed E-state index contributed by atoms with van der Waals surface area (Å²) in [6.07, 6.45) is 2.99. The number of amides is 1. The Bertz CT molecular complexity index is 619. The summed E-state index contributed by atoms with van der Waals surface area (Å²) in [7, 11) is 4.27. The topological polar surface area (TPSA) is 52.9 Å². The van der Waals surface area contributed by atoms with Gasteiger partial charge in [-0.2, -0.15) is 5.26 Å². The molecule has 0 saturated heterocycles. The Morgan fingerprint density at radius 2 is 1.83 bits per heavy atom. The number of hydrogen-bond donors (Lipinski definition) is 1. The molecule has 23 heavy (non-hydrogen) atoms. The van der Waals surface area contributed by atoms with Crippen molar-refractivity contribution in [3.63, 3.8) is 0 Å². The van der Waals surface area contributed by atoms with Gasteiger partial charge < -0.3 is 9.80 Å². The second-order valence-electron chi connectivity index (χ2n) is 6.94. The first-order valence-electron chi connectivity index (χ1n) is 7.93. The average Bonchev–Trinajstić information content (AvgIpc) is 2.40. The van der Waals surface area contributed by atoms with E-state index >= 15 is 0 Å². The van der Waals surface area contributed by atoms with Gasteiger partial charge >= 0.3 is 0 Å². The molecule has 0 aliphatic heterocycles. The van der Waals surface area contributed by atoms with Crippen LogP contribution in [0, 0.1) is 25.2 Å². The Morgan fingerprint density at radius 3 is 2.17 bits per heavy atom. The number of hydrogen-bond acceptors (Lipinski definition) is 2. The van der Waals surface area contributed by atoms with Crippen molar-refractivity contribution >= 4 is 11.6 Å². The number of rotatable bonds is 4. The monoisotopic (exact) mass is 389 g/mol. The van der Waals surface area contributed by atoms with Gasteiger partial charge in [-0.1, -0.05) is 0 Å². The molecule has 5 heteroatoms. The summed E-state index contributed by atoms with van der Waals surface area (Å²) in [5.74, 6) is 0.113. The summed E-state index contributed by atoms with van der Waals surface area (Å²) in [4.78, 5) is 13.0. The van der Waals surface area contributed by atoms with E-state index in [1.54, 1.807) is 0 Å². The SMILES string of the molecule is CC[N+](C)(C)C1(C(=O)Nc2c(C)cc(C#N)cc2C)CCC1.[Y]. The molecular weight excluding hydrogens is 363 g/mol. The standard InChI is InChI=1S/C18H25N3O.Y/c1-6-21(4,5)18(8-7-9-18)17(22)20-16-13(2)10-15(12-19)11-14(16)3;/h10-11H,6-9H2,1-5H3;/p+1. The number of nitrogens with zero attached hydrogens (tertiary/aromatic N) is 2. The van der Waals surface area contributed by atoms with Crippen LogP contribution in [-0.2, 0) is 37.5 Å². The smallest absolute Gasteiger partial charge is 0.285 e. The minimum Gasteiger partial charge on any atom is -0.320 e. The fourth-order valence-corrected chi connectivity index (χ4v) is 3.38. The van der Waals surface area contributed by atoms with Gasteiger partial charge in [-0.3, -0.25) is 4.79 Å². The van der Waals surface area contributed by atoms with E-state index in [0.29, 0.717) is 10.0 Å². The van der Waals surface area contributed by atoms with Gasteiger partial charge in [-0.25, -0.2) is 0 Å². The predicted octanol–water partition coefficient (Wildman–Crippen LogP) is 3.13. The number of quaternary nitrogens is 1. The molecule has 0 bridgehead atoms. The van der Waals surface area contributed by atoms with Crippen molar-refractivity contribution in [1.29, 1.82) is 5.26 Å². The number of nitrogens with one attached hydrogen (secondary N) is 1. The van der Waals surface area contributed by atoms with E-state index in [1.165, 1.54) is 0 Å². The van der Waals surface area contributed by atoms with Crippen LogP contribution >= 0.6 is 0 Å². The molecule has 1 radical (unpaired) electrons. The Hall–Kier alpha value is -0.756. The molecule has 0 spiro atoms. The van der Waals surface area contributed by atoms with Crippen LogP contribution in [0.2, 0.25) is 0 Å². The van der Waals surface area contributed by atoms with Crippen LogP contribution in [0.3, 0.4) is 0 Å². The van der Waals surface area contributed by atoms with Gasteiger partial charge in [0.2, 0.25) is 0 Å². The molecule has 1 aromatic rings. The van der Waals surface area contributed by atoms with Crippen LogP contribution in [0.4, 0.5) is 5.69 Å². The molecule has 1 N–H and O–H groups in total. The molecule has 0 aromatic heterocycles. The third-order valence-electron chi connectivity index (χ3n) is 5.45. The van der Waals surface area contributed by atoms with Gasteiger partial charge in [-0.05, 0) is 50.5 Å². The fraction of sp³-hybridized carbons (Fsp3) is 0.556. The minimum atomic E-state index is -0.318. The summed E-state index contributed by atoms with van der Waals surface area (Å²) < 4.78 is 0.715. The van der Waals surface area contributed by atoms with Gasteiger partial charge in [0.15, 0.2) is 5.54 Å². The Kier molecular flexibility index (Phi) is 6.55. The third kappa shape index (κ3) is 3.52. The number of benzene rings is 1. The van der Waals surface area contributed by atoms with Gasteiger partial charge in [0.25, 0.3) is 5.91 Å². The summed E-state index contributed by atoms with van der Waals surface area (Å²) in [5, 5.41) is 12.2. The van der Waals surface area contributed by atoms with Crippen molar-refractivity contribution in [1.82, 2.24) is 0 Å². The van der Waals surface area contributed by atoms with Crippen molar-refractivity contribution in [2.75, 3.05) is 26.0 Å². The van der Waals surface area contributed by atoms with E-state index in [1.807, 2.05) is 26.0 Å². The molecule has 1 aliphatic carbocycles. The van der Waals surface area contributed by atoms with Crippen LogP contribution in [0.5, 0.6) is 0 Å². The van der Waals surface area contributed by atoms with Gasteiger partial charge in [0.1, 0.15) is 0 Å². The number of carbonyl (C=O) groups excluding carboxylic acids is 1. The average molecular weight is 389 g/mol. The fourth-order valence-electron chi connectivity index (χ4n) is 3.38. The van der Waals surface area contributed by atoms with Crippen molar-refractivity contribution in [3.8, 4) is 6.07 Å². The number of carbonyl (C=O) groups is 1. The Morgan fingerprint density at radius 1 is 1.30 bits per heavy atom. The molecule has 1 fully saturated rings. The van der Waals surface area contributed by atoms with Gasteiger partial charge in [0, 0.05) is 51.2 Å². The Balaban J connectivity index is 0.00000264. The minimum absolute atomic E-state index is 0. The van der Waals surface area contributed by atoms with Crippen LogP contribution < -0.4 is 5.32 Å². The second kappa shape index (κ2) is 7.42. The second-order valence-corrected chi connectivity index (χ2v) is 6.94. The quantitative estimate of drug-likeness (QED) is 0.805. The van der Waals surface area contributed by atoms with E-state index in [4.69, 9.17) is 5.26 Å². The normalized spacial score (nSPS) is 15.8. The van der Waals surface area contributed by atoms with E-state index in [0.717, 1.165) is 42.6 Å². The number of nitriles is 1. The van der Waals surface area contributed by atoms with E-state index < -0.39 is 0 Å². The molecule has 0 atom stereocenters. The molecule has 1 aromatic carbocycles. The van der Waals surface area contributed by atoms with Gasteiger partial charge in [0.05, 0.1) is 32.3 Å². The predicted molar refractivity (Wildman–Crippen MR) is 88.5 cm³/mol. The molecule has 121 valence electrons. The first kappa shape index (κ1) is 20.3. The number of likely N-dealkylation sites (N-methyl/N-ethyl adjacent to an activating group) is 1. The maximum absolute atomic E-state index is 13.0. The van der Waals surface area contributed by atoms with E-state index in [2.05, 4.69) is 32.4 Å². The van der Waals surface area contributed by atoms with Crippen molar-refractivity contribution in [2.45, 2.75) is 45.6 Å². The zero-order chi connectivity index (χ0) is 16.5. The van der Waals surface area contributed by atoms with Crippen LogP contribution in [0.25, 0.3) is 0 Å². The largest absolute Gasteiger partial charge is 0.320 e. The molecule has 1 amide bonds. The molecule has 1 aliphatic rings. The summed E-state index contributed by atoms with van der Waals surface area (Å²) in [6.45, 7) is 6.94. The van der Waals surface area contributed by atoms with Crippen LogP contribution in [0.1, 0.15) is 42.9 Å². The van der Waals surface area contributed by atoms with Crippen LogP contribution in [-0.4, -0.2) is 36.6 Å². The molecule has 0 heterocycles. The molecule has 0 unspecified atom stereocenters. The van der Waals surface area contributed by atoms with E-state index in [-0.39, 0.29) is 44.2 Å². The van der Waals surface area contributed by atoms with Crippen LogP contribution in [0.15, 0.2) is 12.1 Å². The zero-order valence-electron chi connectivity index (χ0n) is 14.9. The maximum atomic E-state index is 13.0. The van der Waals surface area contributed by atoms with Crippen molar-refractivity contribution in [3.05, 3.63) is 28.8 Å². The Labute approximate surface area is 164 Å². The first-order valence-corrected chi connectivity index (χ1v) is 7.93. The summed E-state index contributed by atoms with van der Waals surface area (Å²) in [5.41, 5.74) is 3.06. The molecule has 1 saturated carbocycles. The van der Waals surface area contributed by atoms with Crippen molar-refractivity contribution in [2.24, 2.45) is 0 Å². The molecule has 4 nitrogen and oxygen atoms in total. The number of aryl methyl sites for hydroxylation is 2. The zero-order valence-corrected chi connectivity index (χ0v) is 17.7. The number of anilines is 1. The molecule has 2 rings (SSSR count). The summed E-state index contributed by atoms with van der Waals surface area (Å²) >= 11 is 0. The maximum Gasteiger partial charge on any atom is 0.285 e. The molecular formula is C18H26N3OY+. The third-order valence-corrected chi connectivity index (χ3v) is 5.45. The van der Waals surface area contributed by atoms with Gasteiger partial charge in [-0.15, -0.1) is 0 Å². The summed E-state index contributed by atoms with van der Waals surface area (Å²) in [6, 6.07) is 5.82. The van der Waals surface area contributed by atoms with E-state index in [9.17, 15) is 4.79 Å². The van der Waals surface area contributed by atoms with Crippen molar-refractivity contribution < 1.29 is 42.0 Å². The first-order chi connectivity index (χ1) is 10.3.